The van der Waals surface area contributed by atoms with Gasteiger partial charge >= 0.3 is 0 Å². The van der Waals surface area contributed by atoms with Gasteiger partial charge in [-0.3, -0.25) is 14.3 Å². The van der Waals surface area contributed by atoms with Crippen LogP contribution in [0.3, 0.4) is 0 Å². The number of hydrogen-bond acceptors (Lipinski definition) is 6. The summed E-state index contributed by atoms with van der Waals surface area (Å²) in [6.07, 6.45) is 6.75. The second-order valence-corrected chi connectivity index (χ2v) is 10.9. The lowest BCUT2D eigenvalue weighted by Crippen LogP contribution is -2.32. The van der Waals surface area contributed by atoms with Gasteiger partial charge in [-0.05, 0) is 61.4 Å². The number of aromatic nitrogens is 6. The summed E-state index contributed by atoms with van der Waals surface area (Å²) in [6, 6.07) is 18.0. The highest BCUT2D eigenvalue weighted by Gasteiger charge is 2.32. The fraction of sp³-hybridized carbons (Fsp3) is 0.179. The van der Waals surface area contributed by atoms with E-state index in [2.05, 4.69) is 41.1 Å². The monoisotopic (exact) mass is 603 g/mol. The summed E-state index contributed by atoms with van der Waals surface area (Å²) < 4.78 is 17.2. The van der Waals surface area contributed by atoms with Gasteiger partial charge in [0, 0.05) is 40.2 Å². The smallest absolute Gasteiger partial charge is 0.233 e. The predicted molar refractivity (Wildman–Crippen MR) is 151 cm³/mol. The first-order valence-electron chi connectivity index (χ1n) is 12.4. The summed E-state index contributed by atoms with van der Waals surface area (Å²) in [5.74, 6) is 1.18. The maximum absolute atomic E-state index is 14.3. The molecule has 0 saturated carbocycles. The highest BCUT2D eigenvalue weighted by Crippen LogP contribution is 2.34. The number of aromatic amines is 1. The zero-order chi connectivity index (χ0) is 26.8. The quantitative estimate of drug-likeness (QED) is 0.227. The van der Waals surface area contributed by atoms with Gasteiger partial charge in [0.15, 0.2) is 11.0 Å². The molecule has 11 heteroatoms. The van der Waals surface area contributed by atoms with Crippen LogP contribution in [0.25, 0.3) is 28.3 Å². The van der Waals surface area contributed by atoms with Crippen molar-refractivity contribution in [3.05, 3.63) is 95.4 Å². The first-order valence-corrected chi connectivity index (χ1v) is 14.2. The fourth-order valence-electron chi connectivity index (χ4n) is 4.75. The maximum atomic E-state index is 14.3. The van der Waals surface area contributed by atoms with Crippen molar-refractivity contribution in [3.63, 3.8) is 0 Å². The van der Waals surface area contributed by atoms with Gasteiger partial charge in [0.05, 0.1) is 23.7 Å². The molecule has 4 heterocycles. The number of likely N-dealkylation sites (tertiary alicyclic amines) is 1. The molecule has 5 aromatic rings. The normalized spacial score (nSPS) is 15.1. The molecule has 0 bridgehead atoms. The third-order valence-electron chi connectivity index (χ3n) is 6.61. The zero-order valence-corrected chi connectivity index (χ0v) is 23.1. The van der Waals surface area contributed by atoms with Crippen LogP contribution in [0.15, 0.2) is 88.9 Å². The number of pyridine rings is 1. The van der Waals surface area contributed by atoms with Crippen LogP contribution in [0.5, 0.6) is 0 Å². The van der Waals surface area contributed by atoms with E-state index < -0.39 is 0 Å². The largest absolute Gasteiger partial charge is 0.340 e. The molecular formula is C28H23BrFN7OS. The highest BCUT2D eigenvalue weighted by atomic mass is 79.9. The lowest BCUT2D eigenvalue weighted by atomic mass is 10.1. The van der Waals surface area contributed by atoms with Gasteiger partial charge < -0.3 is 9.88 Å². The first-order chi connectivity index (χ1) is 19.1. The maximum Gasteiger partial charge on any atom is 0.233 e. The van der Waals surface area contributed by atoms with Crippen LogP contribution in [0.4, 0.5) is 4.39 Å². The van der Waals surface area contributed by atoms with Gasteiger partial charge in [-0.1, -0.05) is 39.8 Å². The van der Waals surface area contributed by atoms with Crippen molar-refractivity contribution in [2.45, 2.75) is 24.0 Å². The summed E-state index contributed by atoms with van der Waals surface area (Å²) in [4.78, 5) is 27.2. The average molecular weight is 605 g/mol. The number of nitrogens with one attached hydrogen (secondary N) is 1. The summed E-state index contributed by atoms with van der Waals surface area (Å²) >= 11 is 4.83. The minimum absolute atomic E-state index is 0.0142. The standard InChI is InChI=1S/C28H23BrFN7OS/c29-19-9-11-20(12-10-19)37-27(18-5-3-13-31-15-18)34-35-28(37)39-17-25(38)36-14-4-8-24(36)26-32-16-23(33-26)21-6-1-2-7-22(21)30/h1-3,5-7,9-13,15-16,24H,4,8,14,17H2,(H,32,33). The molecule has 0 radical (unpaired) electrons. The summed E-state index contributed by atoms with van der Waals surface area (Å²) in [5.41, 5.74) is 2.77. The number of imidazole rings is 1. The molecule has 0 aliphatic carbocycles. The van der Waals surface area contributed by atoms with Crippen LogP contribution in [-0.2, 0) is 4.79 Å². The number of halogens is 2. The summed E-state index contributed by atoms with van der Waals surface area (Å²) in [6.45, 7) is 0.639. The highest BCUT2D eigenvalue weighted by molar-refractivity contribution is 9.10. The van der Waals surface area contributed by atoms with Crippen LogP contribution in [0.1, 0.15) is 24.7 Å². The van der Waals surface area contributed by atoms with Crippen molar-refractivity contribution >= 4 is 33.6 Å². The molecule has 1 saturated heterocycles. The number of thioether (sulfide) groups is 1. The minimum Gasteiger partial charge on any atom is -0.340 e. The number of nitrogens with zero attached hydrogens (tertiary/aromatic N) is 6. The molecule has 39 heavy (non-hydrogen) atoms. The van der Waals surface area contributed by atoms with Gasteiger partial charge in [-0.15, -0.1) is 10.2 Å². The molecule has 1 amide bonds. The van der Waals surface area contributed by atoms with Crippen LogP contribution < -0.4 is 0 Å². The van der Waals surface area contributed by atoms with Crippen LogP contribution >= 0.6 is 27.7 Å². The molecule has 8 nitrogen and oxygen atoms in total. The molecule has 1 atom stereocenters. The first kappa shape index (κ1) is 25.4. The van der Waals surface area contributed by atoms with Crippen LogP contribution in [0.2, 0.25) is 0 Å². The third-order valence-corrected chi connectivity index (χ3v) is 8.05. The molecule has 0 spiro atoms. The number of amides is 1. The Balaban J connectivity index is 1.22. The minimum atomic E-state index is -0.316. The average Bonchev–Trinajstić information content (AvgIpc) is 3.73. The number of hydrogen-bond donors (Lipinski definition) is 1. The van der Waals surface area contributed by atoms with Crippen LogP contribution in [-0.4, -0.2) is 52.8 Å². The van der Waals surface area contributed by atoms with Crippen molar-refractivity contribution in [1.29, 1.82) is 0 Å². The van der Waals surface area contributed by atoms with Crippen molar-refractivity contribution in [2.75, 3.05) is 12.3 Å². The third kappa shape index (κ3) is 5.24. The van der Waals surface area contributed by atoms with E-state index in [4.69, 9.17) is 0 Å². The molecule has 1 fully saturated rings. The van der Waals surface area contributed by atoms with E-state index in [-0.39, 0.29) is 23.5 Å². The van der Waals surface area contributed by atoms with E-state index >= 15 is 0 Å². The number of rotatable bonds is 7. The molecule has 1 N–H and O–H groups in total. The van der Waals surface area contributed by atoms with E-state index in [0.29, 0.717) is 34.6 Å². The van der Waals surface area contributed by atoms with E-state index in [1.165, 1.54) is 17.8 Å². The van der Waals surface area contributed by atoms with Gasteiger partial charge in [-0.2, -0.15) is 0 Å². The summed E-state index contributed by atoms with van der Waals surface area (Å²) in [7, 11) is 0. The Labute approximate surface area is 236 Å². The predicted octanol–water partition coefficient (Wildman–Crippen LogP) is 6.08. The van der Waals surface area contributed by atoms with Crippen molar-refractivity contribution in [3.8, 4) is 28.3 Å². The van der Waals surface area contributed by atoms with Gasteiger partial charge in [-0.25, -0.2) is 9.37 Å². The molecule has 6 rings (SSSR count). The molecule has 3 aromatic heterocycles. The van der Waals surface area contributed by atoms with E-state index in [1.54, 1.807) is 36.8 Å². The second kappa shape index (κ2) is 11.1. The Morgan fingerprint density at radius 2 is 1.92 bits per heavy atom. The number of H-pyrrole nitrogens is 1. The number of carbonyl (C=O) groups is 1. The van der Waals surface area contributed by atoms with Gasteiger partial charge in [0.25, 0.3) is 0 Å². The summed E-state index contributed by atoms with van der Waals surface area (Å²) in [5, 5.41) is 9.47. The zero-order valence-electron chi connectivity index (χ0n) is 20.7. The van der Waals surface area contributed by atoms with E-state index in [1.807, 2.05) is 45.9 Å². The SMILES string of the molecule is O=C(CSc1nnc(-c2cccnc2)n1-c1ccc(Br)cc1)N1CCCC1c1ncc(-c2ccccc2F)[nH]1. The Bertz CT molecular complexity index is 1610. The molecule has 2 aromatic carbocycles. The second-order valence-electron chi connectivity index (χ2n) is 9.06. The lowest BCUT2D eigenvalue weighted by Gasteiger charge is -2.23. The molecule has 1 aliphatic heterocycles. The van der Waals surface area contributed by atoms with Crippen molar-refractivity contribution < 1.29 is 9.18 Å². The fourth-order valence-corrected chi connectivity index (χ4v) is 5.85. The Morgan fingerprint density at radius 3 is 2.72 bits per heavy atom. The molecule has 1 unspecified atom stereocenters. The number of carbonyl (C=O) groups excluding carboxylic acids is 1. The Kier molecular flexibility index (Phi) is 7.25. The topological polar surface area (TPSA) is 92.6 Å². The van der Waals surface area contributed by atoms with Gasteiger partial charge in [0.1, 0.15) is 11.6 Å². The van der Waals surface area contributed by atoms with E-state index in [9.17, 15) is 9.18 Å². The Morgan fingerprint density at radius 1 is 1.08 bits per heavy atom. The molecule has 196 valence electrons. The molecular weight excluding hydrogens is 581 g/mol. The lowest BCUT2D eigenvalue weighted by molar-refractivity contribution is -0.129. The van der Waals surface area contributed by atoms with E-state index in [0.717, 1.165) is 28.6 Å². The molecule has 1 aliphatic rings. The van der Waals surface area contributed by atoms with Gasteiger partial charge in [0.2, 0.25) is 5.91 Å². The van der Waals surface area contributed by atoms with Crippen molar-refractivity contribution in [2.24, 2.45) is 0 Å². The Hall–Kier alpha value is -3.83. The van der Waals surface area contributed by atoms with Crippen molar-refractivity contribution in [1.82, 2.24) is 34.6 Å². The van der Waals surface area contributed by atoms with Crippen LogP contribution in [0, 0.1) is 5.82 Å². The number of benzene rings is 2.